The second kappa shape index (κ2) is 8.54. The molecule has 0 spiro atoms. The van der Waals surface area contributed by atoms with Gasteiger partial charge in [-0.2, -0.15) is 0 Å². The van der Waals surface area contributed by atoms with E-state index in [1.54, 1.807) is 0 Å². The minimum atomic E-state index is -0.567. The molecule has 2 aromatic carbocycles. The third-order valence-corrected chi connectivity index (χ3v) is 3.54. The van der Waals surface area contributed by atoms with Gasteiger partial charge in [0.1, 0.15) is 37.7 Å². The van der Waals surface area contributed by atoms with E-state index in [0.29, 0.717) is 13.1 Å². The highest BCUT2D eigenvalue weighted by Gasteiger charge is 2.12. The van der Waals surface area contributed by atoms with Crippen LogP contribution in [0.2, 0.25) is 0 Å². The van der Waals surface area contributed by atoms with Crippen molar-refractivity contribution in [3.05, 3.63) is 65.7 Å². The first-order chi connectivity index (χ1) is 10.7. The average molecular weight is 302 g/mol. The number of quaternary nitrogens is 1. The van der Waals surface area contributed by atoms with Crippen LogP contribution in [0.5, 0.6) is 5.75 Å². The summed E-state index contributed by atoms with van der Waals surface area (Å²) in [5.74, 6) is 0.797. The SMILES string of the molecule is Cc1ccccc1OC[C@@H](O)C[NH2+]C[C@@H](O)c1ccccc1. The largest absolute Gasteiger partial charge is 0.490 e. The molecule has 118 valence electrons. The van der Waals surface area contributed by atoms with E-state index in [0.717, 1.165) is 16.9 Å². The minimum absolute atomic E-state index is 0.253. The summed E-state index contributed by atoms with van der Waals surface area (Å²) in [6.07, 6.45) is -1.09. The molecule has 2 rings (SSSR count). The van der Waals surface area contributed by atoms with Crippen molar-refractivity contribution in [3.8, 4) is 5.75 Å². The lowest BCUT2D eigenvalue weighted by Crippen LogP contribution is -2.87. The third kappa shape index (κ3) is 5.15. The predicted octanol–water partition coefficient (Wildman–Crippen LogP) is 1.03. The lowest BCUT2D eigenvalue weighted by Gasteiger charge is -2.14. The molecule has 0 unspecified atom stereocenters. The van der Waals surface area contributed by atoms with Gasteiger partial charge < -0.3 is 20.3 Å². The second-order valence-electron chi connectivity index (χ2n) is 5.42. The molecule has 0 saturated heterocycles. The van der Waals surface area contributed by atoms with Gasteiger partial charge in [0.2, 0.25) is 0 Å². The van der Waals surface area contributed by atoms with Gasteiger partial charge in [0.05, 0.1) is 0 Å². The zero-order chi connectivity index (χ0) is 15.8. The molecule has 0 aliphatic heterocycles. The molecule has 4 N–H and O–H groups in total. The Balaban J connectivity index is 1.68. The topological polar surface area (TPSA) is 66.3 Å². The fourth-order valence-corrected chi connectivity index (χ4v) is 2.23. The summed E-state index contributed by atoms with van der Waals surface area (Å²) in [7, 11) is 0. The standard InChI is InChI=1S/C18H23NO3/c1-14-7-5-6-10-18(14)22-13-16(20)11-19-12-17(21)15-8-3-2-4-9-15/h2-10,16-17,19-21H,11-13H2,1H3/p+1/t16-,17+/m0/s1. The summed E-state index contributed by atoms with van der Waals surface area (Å²) in [6, 6.07) is 17.3. The Morgan fingerprint density at radius 1 is 0.955 bits per heavy atom. The van der Waals surface area contributed by atoms with Crippen LogP contribution in [-0.4, -0.2) is 36.0 Å². The maximum absolute atomic E-state index is 10.0. The average Bonchev–Trinajstić information content (AvgIpc) is 2.55. The Hall–Kier alpha value is -1.88. The first-order valence-corrected chi connectivity index (χ1v) is 7.58. The van der Waals surface area contributed by atoms with Gasteiger partial charge >= 0.3 is 0 Å². The molecule has 0 radical (unpaired) electrons. The van der Waals surface area contributed by atoms with Gasteiger partial charge in [-0.25, -0.2) is 0 Å². The van der Waals surface area contributed by atoms with Gasteiger partial charge in [-0.1, -0.05) is 48.5 Å². The summed E-state index contributed by atoms with van der Waals surface area (Å²) in [6.45, 7) is 3.24. The molecular formula is C18H24NO3+. The molecule has 0 aliphatic rings. The summed E-state index contributed by atoms with van der Waals surface area (Å²) in [5, 5.41) is 21.9. The van der Waals surface area contributed by atoms with Crippen molar-refractivity contribution in [2.24, 2.45) is 0 Å². The van der Waals surface area contributed by atoms with Crippen molar-refractivity contribution in [1.82, 2.24) is 0 Å². The van der Waals surface area contributed by atoms with Crippen molar-refractivity contribution in [2.45, 2.75) is 19.1 Å². The highest BCUT2D eigenvalue weighted by atomic mass is 16.5. The van der Waals surface area contributed by atoms with Gasteiger partial charge in [0.15, 0.2) is 0 Å². The highest BCUT2D eigenvalue weighted by Crippen LogP contribution is 2.16. The molecule has 2 aromatic rings. The van der Waals surface area contributed by atoms with Crippen LogP contribution in [0, 0.1) is 6.92 Å². The predicted molar refractivity (Wildman–Crippen MR) is 85.7 cm³/mol. The van der Waals surface area contributed by atoms with Crippen LogP contribution in [-0.2, 0) is 0 Å². The fraction of sp³-hybridized carbons (Fsp3) is 0.333. The quantitative estimate of drug-likeness (QED) is 0.682. The number of rotatable bonds is 8. The maximum Gasteiger partial charge on any atom is 0.137 e. The van der Waals surface area contributed by atoms with Crippen LogP contribution in [0.3, 0.4) is 0 Å². The van der Waals surface area contributed by atoms with Crippen molar-refractivity contribution in [3.63, 3.8) is 0 Å². The van der Waals surface area contributed by atoms with Crippen molar-refractivity contribution < 1.29 is 20.3 Å². The highest BCUT2D eigenvalue weighted by molar-refractivity contribution is 5.31. The zero-order valence-electron chi connectivity index (χ0n) is 12.9. The molecule has 0 amide bonds. The molecule has 0 heterocycles. The van der Waals surface area contributed by atoms with Gasteiger partial charge in [-0.15, -0.1) is 0 Å². The zero-order valence-corrected chi connectivity index (χ0v) is 12.9. The fourth-order valence-electron chi connectivity index (χ4n) is 2.23. The van der Waals surface area contributed by atoms with E-state index >= 15 is 0 Å². The molecule has 2 atom stereocenters. The van der Waals surface area contributed by atoms with E-state index in [4.69, 9.17) is 4.74 Å². The number of aliphatic hydroxyl groups excluding tert-OH is 2. The summed E-state index contributed by atoms with van der Waals surface area (Å²) < 4.78 is 5.61. The lowest BCUT2D eigenvalue weighted by molar-refractivity contribution is -0.668. The molecule has 22 heavy (non-hydrogen) atoms. The Labute approximate surface area is 131 Å². The van der Waals surface area contributed by atoms with E-state index in [1.165, 1.54) is 0 Å². The number of benzene rings is 2. The van der Waals surface area contributed by atoms with E-state index in [-0.39, 0.29) is 6.61 Å². The van der Waals surface area contributed by atoms with Crippen LogP contribution in [0.1, 0.15) is 17.2 Å². The monoisotopic (exact) mass is 302 g/mol. The number of aryl methyl sites for hydroxylation is 1. The van der Waals surface area contributed by atoms with Crippen molar-refractivity contribution in [2.75, 3.05) is 19.7 Å². The number of nitrogens with two attached hydrogens (primary N) is 1. The smallest absolute Gasteiger partial charge is 0.137 e. The Morgan fingerprint density at radius 3 is 2.36 bits per heavy atom. The number of ether oxygens (including phenoxy) is 1. The lowest BCUT2D eigenvalue weighted by atomic mass is 10.1. The summed E-state index contributed by atoms with van der Waals surface area (Å²) >= 11 is 0. The van der Waals surface area contributed by atoms with E-state index in [1.807, 2.05) is 66.8 Å². The van der Waals surface area contributed by atoms with Gasteiger partial charge in [-0.3, -0.25) is 0 Å². The van der Waals surface area contributed by atoms with Gasteiger partial charge in [-0.05, 0) is 24.1 Å². The Morgan fingerprint density at radius 2 is 1.64 bits per heavy atom. The molecule has 0 aromatic heterocycles. The van der Waals surface area contributed by atoms with Crippen LogP contribution in [0.15, 0.2) is 54.6 Å². The summed E-state index contributed by atoms with van der Waals surface area (Å²) in [4.78, 5) is 0. The number of hydrogen-bond donors (Lipinski definition) is 3. The molecule has 0 bridgehead atoms. The molecule has 4 heteroatoms. The van der Waals surface area contributed by atoms with E-state index in [2.05, 4.69) is 0 Å². The number of para-hydroxylation sites is 1. The summed E-state index contributed by atoms with van der Waals surface area (Å²) in [5.41, 5.74) is 1.95. The maximum atomic E-state index is 10.0. The minimum Gasteiger partial charge on any atom is -0.490 e. The number of hydrogen-bond acceptors (Lipinski definition) is 3. The first kappa shape index (κ1) is 16.5. The molecule has 4 nitrogen and oxygen atoms in total. The number of aliphatic hydroxyl groups is 2. The molecule has 0 aliphatic carbocycles. The van der Waals surface area contributed by atoms with Crippen LogP contribution in [0.25, 0.3) is 0 Å². The van der Waals surface area contributed by atoms with E-state index in [9.17, 15) is 10.2 Å². The normalized spacial score (nSPS) is 13.6. The van der Waals surface area contributed by atoms with E-state index < -0.39 is 12.2 Å². The van der Waals surface area contributed by atoms with Gasteiger partial charge in [0.25, 0.3) is 0 Å². The molecular weight excluding hydrogens is 278 g/mol. The van der Waals surface area contributed by atoms with Crippen molar-refractivity contribution in [1.29, 1.82) is 0 Å². The van der Waals surface area contributed by atoms with Gasteiger partial charge in [0, 0.05) is 0 Å². The third-order valence-electron chi connectivity index (χ3n) is 3.54. The van der Waals surface area contributed by atoms with Crippen molar-refractivity contribution >= 4 is 0 Å². The molecule has 0 fully saturated rings. The van der Waals surface area contributed by atoms with Crippen LogP contribution in [0.4, 0.5) is 0 Å². The molecule has 0 saturated carbocycles. The Kier molecular flexibility index (Phi) is 6.40. The second-order valence-corrected chi connectivity index (χ2v) is 5.42. The van der Waals surface area contributed by atoms with Crippen LogP contribution < -0.4 is 10.1 Å². The van der Waals surface area contributed by atoms with Crippen LogP contribution >= 0.6 is 0 Å². The Bertz CT molecular complexity index is 559. The first-order valence-electron chi connectivity index (χ1n) is 7.58.